The van der Waals surface area contributed by atoms with Gasteiger partial charge in [-0.1, -0.05) is 24.3 Å². The van der Waals surface area contributed by atoms with Gasteiger partial charge in [0.2, 0.25) is 0 Å². The van der Waals surface area contributed by atoms with Crippen LogP contribution in [0.25, 0.3) is 10.9 Å². The summed E-state index contributed by atoms with van der Waals surface area (Å²) in [6.07, 6.45) is 4.10. The lowest BCUT2D eigenvalue weighted by Gasteiger charge is -2.18. The Bertz CT molecular complexity index is 1650. The Balaban J connectivity index is 1.41. The number of para-hydroxylation sites is 1. The topological polar surface area (TPSA) is 149 Å². The zero-order chi connectivity index (χ0) is 27.7. The maximum Gasteiger partial charge on any atom is 0.333 e. The van der Waals surface area contributed by atoms with Crippen molar-refractivity contribution < 1.29 is 31.3 Å². The van der Waals surface area contributed by atoms with E-state index in [-0.39, 0.29) is 42.7 Å². The fraction of sp³-hybridized carbons (Fsp3) is 0.269. The van der Waals surface area contributed by atoms with E-state index in [1.54, 1.807) is 22.9 Å². The van der Waals surface area contributed by atoms with Crippen LogP contribution in [-0.2, 0) is 21.0 Å². The number of hydrogen-bond donors (Lipinski definition) is 3. The maximum absolute atomic E-state index is 13.8. The van der Waals surface area contributed by atoms with Gasteiger partial charge in [0, 0.05) is 35.4 Å². The summed E-state index contributed by atoms with van der Waals surface area (Å²) < 4.78 is 55.9. The highest BCUT2D eigenvalue weighted by atomic mass is 32.2. The summed E-state index contributed by atoms with van der Waals surface area (Å²) in [6, 6.07) is 10.4. The number of rotatable bonds is 9. The molecule has 2 heterocycles. The Morgan fingerprint density at radius 3 is 2.72 bits per heavy atom. The molecule has 1 aliphatic rings. The first kappa shape index (κ1) is 26.8. The maximum atomic E-state index is 13.8. The van der Waals surface area contributed by atoms with Crippen molar-refractivity contribution in [2.75, 3.05) is 11.9 Å². The van der Waals surface area contributed by atoms with Crippen molar-refractivity contribution >= 4 is 32.8 Å². The molecule has 4 aromatic rings. The van der Waals surface area contributed by atoms with E-state index >= 15 is 0 Å². The number of aliphatic hydroxyl groups is 1. The van der Waals surface area contributed by atoms with Crippen LogP contribution in [0.4, 0.5) is 14.6 Å². The predicted octanol–water partition coefficient (Wildman–Crippen LogP) is 2.76. The summed E-state index contributed by atoms with van der Waals surface area (Å²) in [5.41, 5.74) is 1.78. The monoisotopic (exact) mass is 557 g/mol. The smallest absolute Gasteiger partial charge is 0.333 e. The molecule has 2 aromatic carbocycles. The Morgan fingerprint density at radius 1 is 1.15 bits per heavy atom. The SMILES string of the molecule is NS(=O)(=O)OC[C@@H]1C[C@@H](O)[C@H](Nc2ncncc2C(=O)c2cn(Cc3ccc(F)c(F)c3)c3ccccc23)C1. The lowest BCUT2D eigenvalue weighted by atomic mass is 10.0. The number of halogens is 2. The molecule has 1 saturated carbocycles. The molecule has 1 aliphatic carbocycles. The van der Waals surface area contributed by atoms with Crippen molar-refractivity contribution in [3.05, 3.63) is 89.5 Å². The van der Waals surface area contributed by atoms with Gasteiger partial charge in [-0.05, 0) is 42.5 Å². The Labute approximate surface area is 222 Å². The van der Waals surface area contributed by atoms with Crippen molar-refractivity contribution in [3.63, 3.8) is 0 Å². The average molecular weight is 558 g/mol. The van der Waals surface area contributed by atoms with Crippen molar-refractivity contribution in [3.8, 4) is 0 Å². The van der Waals surface area contributed by atoms with Crippen molar-refractivity contribution in [2.24, 2.45) is 11.1 Å². The molecule has 0 amide bonds. The minimum Gasteiger partial charge on any atom is -0.391 e. The minimum atomic E-state index is -4.10. The summed E-state index contributed by atoms with van der Waals surface area (Å²) in [5.74, 6) is -2.33. The molecule has 2 aromatic heterocycles. The van der Waals surface area contributed by atoms with Gasteiger partial charge in [0.1, 0.15) is 12.1 Å². The van der Waals surface area contributed by atoms with Crippen LogP contribution in [-0.4, -0.2) is 52.6 Å². The van der Waals surface area contributed by atoms with Gasteiger partial charge < -0.3 is 15.0 Å². The van der Waals surface area contributed by atoms with Crippen LogP contribution in [0.3, 0.4) is 0 Å². The number of nitrogens with two attached hydrogens (primary N) is 1. The Hall–Kier alpha value is -3.78. The van der Waals surface area contributed by atoms with Crippen LogP contribution in [0.1, 0.15) is 34.3 Å². The molecular formula is C26H25F2N5O5S. The first-order valence-corrected chi connectivity index (χ1v) is 13.5. The van der Waals surface area contributed by atoms with Gasteiger partial charge >= 0.3 is 10.3 Å². The zero-order valence-corrected chi connectivity index (χ0v) is 21.3. The van der Waals surface area contributed by atoms with Crippen molar-refractivity contribution in [1.29, 1.82) is 0 Å². The molecule has 3 atom stereocenters. The number of hydrogen-bond acceptors (Lipinski definition) is 8. The van der Waals surface area contributed by atoms with E-state index in [2.05, 4.69) is 19.5 Å². The van der Waals surface area contributed by atoms with Crippen LogP contribution >= 0.6 is 0 Å². The van der Waals surface area contributed by atoms with Crippen LogP contribution in [0.2, 0.25) is 0 Å². The van der Waals surface area contributed by atoms with Gasteiger partial charge in [-0.25, -0.2) is 23.9 Å². The normalized spacial score (nSPS) is 19.4. The van der Waals surface area contributed by atoms with Gasteiger partial charge in [-0.2, -0.15) is 8.42 Å². The number of carbonyl (C=O) groups is 1. The third-order valence-corrected chi connectivity index (χ3v) is 7.21. The highest BCUT2D eigenvalue weighted by Crippen LogP contribution is 2.31. The minimum absolute atomic E-state index is 0.166. The second-order valence-electron chi connectivity index (χ2n) is 9.48. The third-order valence-electron chi connectivity index (χ3n) is 6.74. The van der Waals surface area contributed by atoms with Gasteiger partial charge in [0.15, 0.2) is 17.4 Å². The van der Waals surface area contributed by atoms with E-state index < -0.39 is 34.1 Å². The summed E-state index contributed by atoms with van der Waals surface area (Å²) in [7, 11) is -4.10. The molecule has 10 nitrogen and oxygen atoms in total. The second kappa shape index (κ2) is 10.8. The summed E-state index contributed by atoms with van der Waals surface area (Å²) >= 11 is 0. The van der Waals surface area contributed by atoms with Gasteiger partial charge in [-0.15, -0.1) is 0 Å². The fourth-order valence-electron chi connectivity index (χ4n) is 4.93. The molecule has 0 aliphatic heterocycles. The van der Waals surface area contributed by atoms with E-state index in [1.807, 2.05) is 12.1 Å². The molecular weight excluding hydrogens is 532 g/mol. The number of aliphatic hydroxyl groups excluding tert-OH is 1. The van der Waals surface area contributed by atoms with Crippen LogP contribution < -0.4 is 10.5 Å². The molecule has 0 saturated heterocycles. The van der Waals surface area contributed by atoms with E-state index in [4.69, 9.17) is 5.14 Å². The number of nitrogens with one attached hydrogen (secondary N) is 1. The van der Waals surface area contributed by atoms with Crippen LogP contribution in [0, 0.1) is 17.6 Å². The second-order valence-corrected chi connectivity index (χ2v) is 10.7. The number of ketones is 1. The summed E-state index contributed by atoms with van der Waals surface area (Å²) in [5, 5.41) is 19.2. The molecule has 0 spiro atoms. The van der Waals surface area contributed by atoms with E-state index in [1.165, 1.54) is 18.6 Å². The quantitative estimate of drug-likeness (QED) is 0.266. The first-order valence-electron chi connectivity index (χ1n) is 12.1. The van der Waals surface area contributed by atoms with E-state index in [0.717, 1.165) is 17.6 Å². The number of anilines is 1. The third kappa shape index (κ3) is 5.96. The van der Waals surface area contributed by atoms with Gasteiger partial charge in [-0.3, -0.25) is 8.98 Å². The molecule has 204 valence electrons. The Morgan fingerprint density at radius 2 is 1.95 bits per heavy atom. The molecule has 0 unspecified atom stereocenters. The lowest BCUT2D eigenvalue weighted by molar-refractivity contribution is 0.103. The average Bonchev–Trinajstić information content (AvgIpc) is 3.44. The molecule has 4 N–H and O–H groups in total. The molecule has 0 radical (unpaired) electrons. The predicted molar refractivity (Wildman–Crippen MR) is 138 cm³/mol. The molecule has 0 bridgehead atoms. The standard InChI is InChI=1S/C26H25F2N5O5S/c27-20-6-5-15(7-21(20)28)11-33-12-19(17-3-1-2-4-23(17)33)25(35)18-10-30-14-31-26(18)32-22-8-16(9-24(22)34)13-38-39(29,36)37/h1-7,10,12,14,16,22,24,34H,8-9,11,13H2,(H2,29,36,37)(H,30,31,32)/t16-,22+,24+/m0/s1. The lowest BCUT2D eigenvalue weighted by Crippen LogP contribution is -2.29. The number of nitrogens with zero attached hydrogens (tertiary/aromatic N) is 3. The summed E-state index contributed by atoms with van der Waals surface area (Å²) in [6.45, 7) is 0.0404. The van der Waals surface area contributed by atoms with Crippen LogP contribution in [0.5, 0.6) is 0 Å². The van der Waals surface area contributed by atoms with E-state index in [9.17, 15) is 27.1 Å². The molecule has 5 rings (SSSR count). The van der Waals surface area contributed by atoms with Gasteiger partial charge in [0.05, 0.1) is 24.3 Å². The number of aromatic nitrogens is 3. The van der Waals surface area contributed by atoms with Gasteiger partial charge in [0.25, 0.3) is 0 Å². The zero-order valence-electron chi connectivity index (χ0n) is 20.5. The van der Waals surface area contributed by atoms with E-state index in [0.29, 0.717) is 22.9 Å². The Kier molecular flexibility index (Phi) is 7.40. The molecule has 13 heteroatoms. The highest BCUT2D eigenvalue weighted by Gasteiger charge is 2.35. The fourth-order valence-corrected chi connectivity index (χ4v) is 5.31. The van der Waals surface area contributed by atoms with Crippen LogP contribution in [0.15, 0.2) is 61.2 Å². The first-order chi connectivity index (χ1) is 18.6. The largest absolute Gasteiger partial charge is 0.391 e. The number of benzene rings is 2. The number of fused-ring (bicyclic) bond motifs is 1. The van der Waals surface area contributed by atoms with Crippen molar-refractivity contribution in [1.82, 2.24) is 14.5 Å². The van der Waals surface area contributed by atoms with Crippen molar-refractivity contribution in [2.45, 2.75) is 31.5 Å². The highest BCUT2D eigenvalue weighted by molar-refractivity contribution is 7.84. The molecule has 39 heavy (non-hydrogen) atoms. The number of carbonyl (C=O) groups excluding carboxylic acids is 1. The molecule has 1 fully saturated rings. The summed E-state index contributed by atoms with van der Waals surface area (Å²) in [4.78, 5) is 22.0.